The second-order valence-electron chi connectivity index (χ2n) is 12.5. The van der Waals surface area contributed by atoms with Gasteiger partial charge in [-0.3, -0.25) is 14.4 Å². The molecule has 4 rings (SSSR count). The number of benzene rings is 2. The molecule has 1 aliphatic rings. The summed E-state index contributed by atoms with van der Waals surface area (Å²) in [6.07, 6.45) is 4.04. The Morgan fingerprint density at radius 2 is 1.64 bits per heavy atom. The van der Waals surface area contributed by atoms with Gasteiger partial charge in [0.1, 0.15) is 23.7 Å². The number of rotatable bonds is 16. The number of phenolic OH excluding ortho intramolecular Hbond substituents is 1. The number of nitrogens with two attached hydrogens (primary N) is 2. The quantitative estimate of drug-likeness (QED) is 0.136. The maximum Gasteiger partial charge on any atom is 0.328 e. The molecule has 0 unspecified atom stereocenters. The summed E-state index contributed by atoms with van der Waals surface area (Å²) in [6, 6.07) is 12.9. The van der Waals surface area contributed by atoms with Crippen LogP contribution in [0.25, 0.3) is 0 Å². The van der Waals surface area contributed by atoms with Gasteiger partial charge in [-0.1, -0.05) is 18.9 Å². The average Bonchev–Trinajstić information content (AvgIpc) is 3.62. The molecule has 0 saturated heterocycles. The summed E-state index contributed by atoms with van der Waals surface area (Å²) >= 11 is 0. The van der Waals surface area contributed by atoms with E-state index in [1.807, 2.05) is 11.9 Å². The van der Waals surface area contributed by atoms with Crippen molar-refractivity contribution in [3.05, 3.63) is 77.0 Å². The summed E-state index contributed by atoms with van der Waals surface area (Å²) in [7, 11) is 1.86. The largest absolute Gasteiger partial charge is 0.508 e. The van der Waals surface area contributed by atoms with Crippen molar-refractivity contribution in [2.75, 3.05) is 36.6 Å². The highest BCUT2D eigenvalue weighted by Gasteiger charge is 2.30. The number of carbonyl (C=O) groups is 4. The Hall–Kier alpha value is -5.33. The van der Waals surface area contributed by atoms with Gasteiger partial charge in [0.05, 0.1) is 25.5 Å². The number of carbonyl (C=O) groups excluding carboxylic acids is 4. The van der Waals surface area contributed by atoms with Crippen LogP contribution in [-0.4, -0.2) is 66.2 Å². The van der Waals surface area contributed by atoms with Gasteiger partial charge < -0.3 is 41.6 Å². The number of phenols is 1. The first-order valence-electron chi connectivity index (χ1n) is 17.1. The molecule has 268 valence electrons. The van der Waals surface area contributed by atoms with E-state index in [-0.39, 0.29) is 49.7 Å². The first-order chi connectivity index (χ1) is 24.0. The Bertz CT molecular complexity index is 1620. The molecule has 0 spiro atoms. The molecule has 0 radical (unpaired) electrons. The summed E-state index contributed by atoms with van der Waals surface area (Å²) in [5.74, 6) is -1.63. The fraction of sp³-hybridized carbons (Fsp3) is 0.432. The minimum Gasteiger partial charge on any atom is -0.508 e. The van der Waals surface area contributed by atoms with Crippen LogP contribution in [0.1, 0.15) is 85.5 Å². The number of nitrogens with zero attached hydrogens (tertiary/aromatic N) is 2. The van der Waals surface area contributed by atoms with Crippen molar-refractivity contribution >= 4 is 40.9 Å². The first kappa shape index (κ1) is 37.5. The predicted octanol–water partition coefficient (Wildman–Crippen LogP) is 3.98. The standard InChI is InChI=1S/C37H48N6O7/c1-4-49-34(45)17-16-31(41-35(46)24-10-13-28(14-11-24)43(3)22-27-19-26(38)20-33(39)40-27)36(47)42-32(37(48)50-5-2)18-25-12-15-29(44)21-30(25)23-8-6-7-9-23/h10-15,19-21,23,31-32,44H,4-9,16-18,22H2,1-3H3,(H,41,46)(H,42,47)(H4,38,39,40)/t31-,32-/m0/s1. The predicted molar refractivity (Wildman–Crippen MR) is 190 cm³/mol. The molecule has 50 heavy (non-hydrogen) atoms. The molecule has 1 fully saturated rings. The number of ether oxygens (including phenoxy) is 2. The summed E-state index contributed by atoms with van der Waals surface area (Å²) in [5, 5.41) is 15.7. The molecule has 1 aromatic heterocycles. The third kappa shape index (κ3) is 10.6. The van der Waals surface area contributed by atoms with Crippen molar-refractivity contribution in [3.8, 4) is 5.75 Å². The van der Waals surface area contributed by atoms with Gasteiger partial charge in [0.15, 0.2) is 0 Å². The molecule has 2 atom stereocenters. The van der Waals surface area contributed by atoms with Crippen LogP contribution in [0, 0.1) is 0 Å². The fourth-order valence-electron chi connectivity index (χ4n) is 6.24. The average molecular weight is 689 g/mol. The summed E-state index contributed by atoms with van der Waals surface area (Å²) in [4.78, 5) is 58.9. The zero-order chi connectivity index (χ0) is 36.2. The Morgan fingerprint density at radius 3 is 2.30 bits per heavy atom. The highest BCUT2D eigenvalue weighted by atomic mass is 16.5. The van der Waals surface area contributed by atoms with E-state index < -0.39 is 35.8 Å². The lowest BCUT2D eigenvalue weighted by Gasteiger charge is -2.24. The summed E-state index contributed by atoms with van der Waals surface area (Å²) < 4.78 is 10.4. The number of nitrogens with one attached hydrogen (secondary N) is 2. The van der Waals surface area contributed by atoms with Crippen molar-refractivity contribution < 1.29 is 33.8 Å². The zero-order valence-electron chi connectivity index (χ0n) is 28.9. The lowest BCUT2D eigenvalue weighted by atomic mass is 9.89. The zero-order valence-corrected chi connectivity index (χ0v) is 28.9. The van der Waals surface area contributed by atoms with E-state index in [9.17, 15) is 24.3 Å². The lowest BCUT2D eigenvalue weighted by molar-refractivity contribution is -0.148. The number of esters is 2. The second kappa shape index (κ2) is 17.9. The van der Waals surface area contributed by atoms with Gasteiger partial charge >= 0.3 is 11.9 Å². The number of hydrogen-bond donors (Lipinski definition) is 5. The topological polar surface area (TPSA) is 199 Å². The number of aromatic hydroxyl groups is 1. The van der Waals surface area contributed by atoms with Crippen LogP contribution in [-0.2, 0) is 36.8 Å². The minimum absolute atomic E-state index is 0.0599. The van der Waals surface area contributed by atoms with Gasteiger partial charge in [0.2, 0.25) is 5.91 Å². The number of anilines is 3. The molecular weight excluding hydrogens is 640 g/mol. The summed E-state index contributed by atoms with van der Waals surface area (Å²) in [5.41, 5.74) is 15.8. The van der Waals surface area contributed by atoms with Gasteiger partial charge in [0.25, 0.3) is 5.91 Å². The van der Waals surface area contributed by atoms with Crippen molar-refractivity contribution in [1.29, 1.82) is 0 Å². The molecule has 1 saturated carbocycles. The second-order valence-corrected chi connectivity index (χ2v) is 12.5. The molecular formula is C37H48N6O7. The van der Waals surface area contributed by atoms with Crippen molar-refractivity contribution in [3.63, 3.8) is 0 Å². The third-order valence-corrected chi connectivity index (χ3v) is 8.69. The van der Waals surface area contributed by atoms with Crippen molar-refractivity contribution in [1.82, 2.24) is 15.6 Å². The van der Waals surface area contributed by atoms with E-state index in [1.54, 1.807) is 68.4 Å². The van der Waals surface area contributed by atoms with Crippen LogP contribution < -0.4 is 27.0 Å². The van der Waals surface area contributed by atoms with E-state index in [0.717, 1.165) is 42.5 Å². The minimum atomic E-state index is -1.17. The van der Waals surface area contributed by atoms with Crippen molar-refractivity contribution in [2.45, 2.75) is 83.3 Å². The van der Waals surface area contributed by atoms with Crippen LogP contribution in [0.5, 0.6) is 5.75 Å². The van der Waals surface area contributed by atoms with Crippen LogP contribution in [0.3, 0.4) is 0 Å². The molecule has 3 aromatic rings. The smallest absolute Gasteiger partial charge is 0.328 e. The Balaban J connectivity index is 1.50. The third-order valence-electron chi connectivity index (χ3n) is 8.69. The Kier molecular flexibility index (Phi) is 13.4. The Morgan fingerprint density at radius 1 is 0.940 bits per heavy atom. The summed E-state index contributed by atoms with van der Waals surface area (Å²) in [6.45, 7) is 4.06. The molecule has 0 aliphatic heterocycles. The van der Waals surface area contributed by atoms with E-state index in [2.05, 4.69) is 15.6 Å². The monoisotopic (exact) mass is 688 g/mol. The maximum absolute atomic E-state index is 13.8. The van der Waals surface area contributed by atoms with Crippen LogP contribution >= 0.6 is 0 Å². The molecule has 13 heteroatoms. The number of amides is 2. The molecule has 0 bridgehead atoms. The van der Waals surface area contributed by atoms with Gasteiger partial charge in [-0.05, 0) is 92.6 Å². The van der Waals surface area contributed by atoms with E-state index in [4.69, 9.17) is 20.9 Å². The number of hydrogen-bond acceptors (Lipinski definition) is 11. The first-order valence-corrected chi connectivity index (χ1v) is 17.1. The van der Waals surface area contributed by atoms with Crippen LogP contribution in [0.15, 0.2) is 54.6 Å². The highest BCUT2D eigenvalue weighted by Crippen LogP contribution is 2.37. The molecule has 7 N–H and O–H groups in total. The number of nitrogen functional groups attached to an aromatic ring is 2. The van der Waals surface area contributed by atoms with E-state index in [0.29, 0.717) is 23.7 Å². The fourth-order valence-corrected chi connectivity index (χ4v) is 6.24. The van der Waals surface area contributed by atoms with Crippen molar-refractivity contribution in [2.24, 2.45) is 0 Å². The number of pyridine rings is 1. The Labute approximate surface area is 292 Å². The number of aromatic nitrogens is 1. The van der Waals surface area contributed by atoms with Crippen LogP contribution in [0.4, 0.5) is 17.2 Å². The van der Waals surface area contributed by atoms with Gasteiger partial charge in [-0.15, -0.1) is 0 Å². The van der Waals surface area contributed by atoms with Gasteiger partial charge in [-0.25, -0.2) is 9.78 Å². The molecule has 1 aliphatic carbocycles. The van der Waals surface area contributed by atoms with E-state index in [1.165, 1.54) is 0 Å². The highest BCUT2D eigenvalue weighted by molar-refractivity contribution is 5.98. The van der Waals surface area contributed by atoms with Gasteiger partial charge in [-0.2, -0.15) is 0 Å². The molecule has 2 aromatic carbocycles. The maximum atomic E-state index is 13.8. The lowest BCUT2D eigenvalue weighted by Crippen LogP contribution is -2.52. The van der Waals surface area contributed by atoms with E-state index >= 15 is 0 Å². The normalized spacial score (nSPS) is 14.0. The molecule has 13 nitrogen and oxygen atoms in total. The molecule has 2 amide bonds. The SMILES string of the molecule is CCOC(=O)CC[C@H](NC(=O)c1ccc(N(C)Cc2cc(N)cc(N)n2)cc1)C(=O)N[C@@H](Cc1ccc(O)cc1C1CCCC1)C(=O)OCC. The van der Waals surface area contributed by atoms with Crippen LogP contribution in [0.2, 0.25) is 0 Å². The molecule has 1 heterocycles. The van der Waals surface area contributed by atoms with Gasteiger partial charge in [0, 0.05) is 42.9 Å².